The molecular formula is C18H23FN4O3. The molecule has 0 spiro atoms. The van der Waals surface area contributed by atoms with E-state index >= 15 is 0 Å². The van der Waals surface area contributed by atoms with Crippen molar-refractivity contribution in [1.29, 1.82) is 0 Å². The molecule has 3 N–H and O–H groups in total. The van der Waals surface area contributed by atoms with Crippen molar-refractivity contribution in [3.8, 4) is 0 Å². The molecule has 0 saturated carbocycles. The van der Waals surface area contributed by atoms with Crippen LogP contribution in [0.4, 0.5) is 15.8 Å². The lowest BCUT2D eigenvalue weighted by atomic mass is 9.96. The SMILES string of the molecule is CN(C(=O)C1CCNCC1)c1ccc(NC2CCC(=O)NC2=O)cc1F. The molecule has 1 unspecified atom stereocenters. The summed E-state index contributed by atoms with van der Waals surface area (Å²) in [6.07, 6.45) is 2.11. The summed E-state index contributed by atoms with van der Waals surface area (Å²) >= 11 is 0. The number of anilines is 2. The predicted octanol–water partition coefficient (Wildman–Crippen LogP) is 1.01. The zero-order chi connectivity index (χ0) is 18.7. The van der Waals surface area contributed by atoms with Gasteiger partial charge < -0.3 is 15.5 Å². The van der Waals surface area contributed by atoms with Crippen molar-refractivity contribution >= 4 is 29.1 Å². The van der Waals surface area contributed by atoms with Crippen molar-refractivity contribution in [2.45, 2.75) is 31.7 Å². The molecule has 2 aliphatic rings. The number of benzene rings is 1. The van der Waals surface area contributed by atoms with Crippen LogP contribution in [0.1, 0.15) is 25.7 Å². The Labute approximate surface area is 151 Å². The monoisotopic (exact) mass is 362 g/mol. The van der Waals surface area contributed by atoms with Gasteiger partial charge in [-0.2, -0.15) is 0 Å². The Hall–Kier alpha value is -2.48. The van der Waals surface area contributed by atoms with Crippen LogP contribution in [0.3, 0.4) is 0 Å². The normalized spacial score (nSPS) is 21.2. The number of piperidine rings is 2. The van der Waals surface area contributed by atoms with Gasteiger partial charge in [-0.3, -0.25) is 19.7 Å². The van der Waals surface area contributed by atoms with E-state index in [4.69, 9.17) is 0 Å². The molecule has 1 aromatic carbocycles. The van der Waals surface area contributed by atoms with E-state index in [1.54, 1.807) is 13.1 Å². The number of rotatable bonds is 4. The molecule has 2 heterocycles. The Morgan fingerprint density at radius 2 is 1.96 bits per heavy atom. The van der Waals surface area contributed by atoms with E-state index in [0.717, 1.165) is 25.9 Å². The van der Waals surface area contributed by atoms with Gasteiger partial charge in [0, 0.05) is 25.1 Å². The summed E-state index contributed by atoms with van der Waals surface area (Å²) in [4.78, 5) is 36.9. The molecule has 2 saturated heterocycles. The number of amides is 3. The van der Waals surface area contributed by atoms with Crippen molar-refractivity contribution in [1.82, 2.24) is 10.6 Å². The number of nitrogens with one attached hydrogen (secondary N) is 3. The number of nitrogens with zero attached hydrogens (tertiary/aromatic N) is 1. The lowest BCUT2D eigenvalue weighted by molar-refractivity contribution is -0.133. The average Bonchev–Trinajstić information content (AvgIpc) is 2.64. The van der Waals surface area contributed by atoms with Crippen LogP contribution in [0.15, 0.2) is 18.2 Å². The zero-order valence-corrected chi connectivity index (χ0v) is 14.7. The highest BCUT2D eigenvalue weighted by molar-refractivity contribution is 6.01. The maximum Gasteiger partial charge on any atom is 0.249 e. The fourth-order valence-corrected chi connectivity index (χ4v) is 3.36. The fourth-order valence-electron chi connectivity index (χ4n) is 3.36. The summed E-state index contributed by atoms with van der Waals surface area (Å²) in [5.74, 6) is -1.43. The van der Waals surface area contributed by atoms with Crippen LogP contribution in [-0.4, -0.2) is 43.9 Å². The number of halogens is 1. The largest absolute Gasteiger partial charge is 0.374 e. The number of hydrogen-bond acceptors (Lipinski definition) is 5. The third-order valence-electron chi connectivity index (χ3n) is 4.91. The van der Waals surface area contributed by atoms with Gasteiger partial charge in [0.1, 0.15) is 11.9 Å². The molecule has 3 amide bonds. The van der Waals surface area contributed by atoms with E-state index in [1.165, 1.54) is 17.0 Å². The molecule has 0 radical (unpaired) electrons. The first-order valence-corrected chi connectivity index (χ1v) is 8.84. The van der Waals surface area contributed by atoms with E-state index in [2.05, 4.69) is 16.0 Å². The summed E-state index contributed by atoms with van der Waals surface area (Å²) in [6.45, 7) is 1.59. The molecule has 2 aliphatic heterocycles. The first kappa shape index (κ1) is 18.3. The minimum Gasteiger partial charge on any atom is -0.374 e. The molecule has 140 valence electrons. The highest BCUT2D eigenvalue weighted by atomic mass is 19.1. The van der Waals surface area contributed by atoms with E-state index < -0.39 is 17.8 Å². The third kappa shape index (κ3) is 4.01. The molecule has 0 bridgehead atoms. The molecule has 7 nitrogen and oxygen atoms in total. The van der Waals surface area contributed by atoms with Gasteiger partial charge in [-0.1, -0.05) is 0 Å². The Bertz CT molecular complexity index is 718. The van der Waals surface area contributed by atoms with Gasteiger partial charge in [0.2, 0.25) is 17.7 Å². The molecule has 2 fully saturated rings. The predicted molar refractivity (Wildman–Crippen MR) is 95.2 cm³/mol. The maximum absolute atomic E-state index is 14.5. The average molecular weight is 362 g/mol. The van der Waals surface area contributed by atoms with Gasteiger partial charge >= 0.3 is 0 Å². The Balaban J connectivity index is 1.67. The molecule has 0 aromatic heterocycles. The molecule has 26 heavy (non-hydrogen) atoms. The topological polar surface area (TPSA) is 90.5 Å². The molecular weight excluding hydrogens is 339 g/mol. The number of carbonyl (C=O) groups is 3. The van der Waals surface area contributed by atoms with Crippen LogP contribution in [0.2, 0.25) is 0 Å². The van der Waals surface area contributed by atoms with E-state index in [-0.39, 0.29) is 29.8 Å². The van der Waals surface area contributed by atoms with Gasteiger partial charge in [0.15, 0.2) is 0 Å². The van der Waals surface area contributed by atoms with Crippen LogP contribution in [0.25, 0.3) is 0 Å². The summed E-state index contributed by atoms with van der Waals surface area (Å²) in [7, 11) is 1.58. The molecule has 8 heteroatoms. The summed E-state index contributed by atoms with van der Waals surface area (Å²) < 4.78 is 14.5. The highest BCUT2D eigenvalue weighted by Crippen LogP contribution is 2.26. The summed E-state index contributed by atoms with van der Waals surface area (Å²) in [5, 5.41) is 8.39. The maximum atomic E-state index is 14.5. The molecule has 3 rings (SSSR count). The third-order valence-corrected chi connectivity index (χ3v) is 4.91. The number of imide groups is 1. The van der Waals surface area contributed by atoms with Crippen LogP contribution in [0, 0.1) is 11.7 Å². The summed E-state index contributed by atoms with van der Waals surface area (Å²) in [6, 6.07) is 3.86. The first-order chi connectivity index (χ1) is 12.5. The standard InChI is InChI=1S/C18H23FN4O3/c1-23(18(26)11-6-8-20-9-7-11)15-4-2-12(10-13(15)19)21-14-3-5-16(24)22-17(14)25/h2,4,10-11,14,20-21H,3,5-9H2,1H3,(H,22,24,25). The van der Waals surface area contributed by atoms with Gasteiger partial charge in [0.25, 0.3) is 0 Å². The minimum absolute atomic E-state index is 0.0868. The number of hydrogen-bond donors (Lipinski definition) is 3. The molecule has 0 aliphatic carbocycles. The Morgan fingerprint density at radius 1 is 1.23 bits per heavy atom. The van der Waals surface area contributed by atoms with Crippen LogP contribution in [0.5, 0.6) is 0 Å². The van der Waals surface area contributed by atoms with Crippen molar-refractivity contribution in [2.75, 3.05) is 30.4 Å². The molecule has 1 atom stereocenters. The van der Waals surface area contributed by atoms with Gasteiger partial charge in [-0.25, -0.2) is 4.39 Å². The van der Waals surface area contributed by atoms with Crippen molar-refractivity contribution in [2.24, 2.45) is 5.92 Å². The molecule has 1 aromatic rings. The van der Waals surface area contributed by atoms with Crippen molar-refractivity contribution in [3.05, 3.63) is 24.0 Å². The van der Waals surface area contributed by atoms with Crippen LogP contribution in [-0.2, 0) is 14.4 Å². The fraction of sp³-hybridized carbons (Fsp3) is 0.500. The lowest BCUT2D eigenvalue weighted by Crippen LogP contribution is -2.47. The second-order valence-corrected chi connectivity index (χ2v) is 6.74. The quantitative estimate of drug-likeness (QED) is 0.696. The van der Waals surface area contributed by atoms with Gasteiger partial charge in [0.05, 0.1) is 5.69 Å². The number of carbonyl (C=O) groups excluding carboxylic acids is 3. The van der Waals surface area contributed by atoms with Crippen LogP contribution >= 0.6 is 0 Å². The highest BCUT2D eigenvalue weighted by Gasteiger charge is 2.28. The Morgan fingerprint density at radius 3 is 2.62 bits per heavy atom. The van der Waals surface area contributed by atoms with Gasteiger partial charge in [-0.05, 0) is 50.6 Å². The van der Waals surface area contributed by atoms with E-state index in [1.807, 2.05) is 0 Å². The van der Waals surface area contributed by atoms with E-state index in [0.29, 0.717) is 12.1 Å². The van der Waals surface area contributed by atoms with Crippen LogP contribution < -0.4 is 20.9 Å². The second kappa shape index (κ2) is 7.82. The Kier molecular flexibility index (Phi) is 5.51. The minimum atomic E-state index is -0.577. The first-order valence-electron chi connectivity index (χ1n) is 8.84. The smallest absolute Gasteiger partial charge is 0.249 e. The zero-order valence-electron chi connectivity index (χ0n) is 14.7. The van der Waals surface area contributed by atoms with Gasteiger partial charge in [-0.15, -0.1) is 0 Å². The second-order valence-electron chi connectivity index (χ2n) is 6.74. The van der Waals surface area contributed by atoms with Crippen molar-refractivity contribution in [3.63, 3.8) is 0 Å². The summed E-state index contributed by atoms with van der Waals surface area (Å²) in [5.41, 5.74) is 0.644. The lowest BCUT2D eigenvalue weighted by Gasteiger charge is -2.27. The van der Waals surface area contributed by atoms with E-state index in [9.17, 15) is 18.8 Å². The van der Waals surface area contributed by atoms with Crippen molar-refractivity contribution < 1.29 is 18.8 Å².